The molecule has 6 nitrogen and oxygen atoms in total. The minimum Gasteiger partial charge on any atom is -0.378 e. The van der Waals surface area contributed by atoms with E-state index < -0.39 is 21.9 Å². The van der Waals surface area contributed by atoms with E-state index in [1.807, 2.05) is 13.0 Å². The van der Waals surface area contributed by atoms with E-state index in [0.717, 1.165) is 36.8 Å². The Morgan fingerprint density at radius 3 is 2.59 bits per heavy atom. The van der Waals surface area contributed by atoms with Crippen molar-refractivity contribution in [2.75, 3.05) is 19.2 Å². The van der Waals surface area contributed by atoms with E-state index in [-0.39, 0.29) is 36.5 Å². The predicted octanol–water partition coefficient (Wildman–Crippen LogP) is 3.51. The minimum atomic E-state index is -4.05. The number of nitrogens with one attached hydrogen (secondary N) is 1. The Labute approximate surface area is 187 Å². The molecule has 1 fully saturated rings. The van der Waals surface area contributed by atoms with Gasteiger partial charge in [-0.25, -0.2) is 21.9 Å². The number of alkyl halides is 1. The Hall–Kier alpha value is -2.10. The van der Waals surface area contributed by atoms with E-state index in [0.29, 0.717) is 5.56 Å². The van der Waals surface area contributed by atoms with Crippen LogP contribution in [-0.4, -0.2) is 38.2 Å². The number of sulfonamides is 1. The fourth-order valence-electron chi connectivity index (χ4n) is 4.30. The van der Waals surface area contributed by atoms with Gasteiger partial charge in [0.15, 0.2) is 0 Å². The van der Waals surface area contributed by atoms with Crippen LogP contribution < -0.4 is 10.3 Å². The second kappa shape index (κ2) is 10.7. The average Bonchev–Trinajstić information content (AvgIpc) is 2.77. The van der Waals surface area contributed by atoms with Crippen molar-refractivity contribution < 1.29 is 21.9 Å². The van der Waals surface area contributed by atoms with Crippen LogP contribution >= 0.6 is 0 Å². The lowest BCUT2D eigenvalue weighted by Gasteiger charge is -2.30. The molecule has 1 aliphatic carbocycles. The molecule has 0 aliphatic heterocycles. The molecule has 0 amide bonds. The van der Waals surface area contributed by atoms with Crippen molar-refractivity contribution in [3.8, 4) is 0 Å². The summed E-state index contributed by atoms with van der Waals surface area (Å²) in [5, 5.41) is 0. The van der Waals surface area contributed by atoms with Crippen LogP contribution in [0.15, 0.2) is 41.3 Å². The van der Waals surface area contributed by atoms with Gasteiger partial charge in [0, 0.05) is 31.3 Å². The second-order valence-electron chi connectivity index (χ2n) is 8.52. The van der Waals surface area contributed by atoms with Crippen LogP contribution in [0.2, 0.25) is 0 Å². The molecule has 0 bridgehead atoms. The van der Waals surface area contributed by atoms with Gasteiger partial charge < -0.3 is 9.30 Å². The van der Waals surface area contributed by atoms with Crippen molar-refractivity contribution >= 4 is 10.0 Å². The second-order valence-corrected chi connectivity index (χ2v) is 10.3. The molecule has 2 aromatic rings. The summed E-state index contributed by atoms with van der Waals surface area (Å²) in [6.07, 6.45) is 4.96. The zero-order valence-corrected chi connectivity index (χ0v) is 19.2. The lowest BCUT2D eigenvalue weighted by molar-refractivity contribution is 0.0168. The maximum absolute atomic E-state index is 13.5. The minimum absolute atomic E-state index is 0.0336. The number of rotatable bonds is 9. The Morgan fingerprint density at radius 1 is 1.22 bits per heavy atom. The fourth-order valence-corrected chi connectivity index (χ4v) is 4.84. The summed E-state index contributed by atoms with van der Waals surface area (Å²) in [6, 6.07) is 6.88. The Bertz CT molecular complexity index is 1080. The van der Waals surface area contributed by atoms with E-state index in [9.17, 15) is 22.0 Å². The number of hydrogen-bond acceptors (Lipinski definition) is 4. The Kier molecular flexibility index (Phi) is 8.19. The molecule has 1 unspecified atom stereocenters. The summed E-state index contributed by atoms with van der Waals surface area (Å²) in [7, 11) is -2.42. The van der Waals surface area contributed by atoms with E-state index >= 15 is 0 Å². The number of aromatic nitrogens is 1. The van der Waals surface area contributed by atoms with Crippen molar-refractivity contribution in [3.05, 3.63) is 69.4 Å². The van der Waals surface area contributed by atoms with Gasteiger partial charge in [-0.2, -0.15) is 0 Å². The van der Waals surface area contributed by atoms with E-state index in [1.54, 1.807) is 31.4 Å². The summed E-state index contributed by atoms with van der Waals surface area (Å²) < 4.78 is 59.3. The fraction of sp³-hybridized carbons (Fsp3) is 0.522. The molecule has 1 saturated carbocycles. The number of aryl methyl sites for hydroxylation is 2. The van der Waals surface area contributed by atoms with Gasteiger partial charge in [0.05, 0.1) is 12.7 Å². The van der Waals surface area contributed by atoms with Crippen molar-refractivity contribution in [1.29, 1.82) is 0 Å². The van der Waals surface area contributed by atoms with Gasteiger partial charge in [0.25, 0.3) is 5.56 Å². The van der Waals surface area contributed by atoms with Crippen LogP contribution in [0.3, 0.4) is 0 Å². The quantitative estimate of drug-likeness (QED) is 0.611. The lowest BCUT2D eigenvalue weighted by Crippen LogP contribution is -2.35. The first-order chi connectivity index (χ1) is 15.2. The third kappa shape index (κ3) is 6.46. The molecule has 9 heteroatoms. The van der Waals surface area contributed by atoms with Crippen LogP contribution in [0.5, 0.6) is 0 Å². The smallest absolute Gasteiger partial charge is 0.253 e. The van der Waals surface area contributed by atoms with Gasteiger partial charge in [-0.05, 0) is 67.9 Å². The summed E-state index contributed by atoms with van der Waals surface area (Å²) in [4.78, 5) is 12.7. The van der Waals surface area contributed by atoms with Crippen LogP contribution in [0.1, 0.15) is 54.2 Å². The lowest BCUT2D eigenvalue weighted by atomic mass is 9.82. The van der Waals surface area contributed by atoms with E-state index in [4.69, 9.17) is 4.74 Å². The standard InChI is InChI=1S/C23H30F2N2O4S/c1-16-10-22(23(28)27(2)13-16)19(12-26-32(29,30)15-24)14-31-21-8-6-17(7-9-21)18-4-3-5-20(25)11-18/h3-5,10-11,13,17,19,21,26H,6-9,12,14-15H2,1-2H3. The summed E-state index contributed by atoms with van der Waals surface area (Å²) in [6.45, 7) is 1.87. The molecular formula is C23H30F2N2O4S. The normalized spacial score (nSPS) is 20.2. The molecule has 1 aromatic carbocycles. The highest BCUT2D eigenvalue weighted by Gasteiger charge is 2.26. The predicted molar refractivity (Wildman–Crippen MR) is 119 cm³/mol. The van der Waals surface area contributed by atoms with Gasteiger partial charge in [-0.3, -0.25) is 4.79 Å². The van der Waals surface area contributed by atoms with Crippen LogP contribution in [0, 0.1) is 12.7 Å². The van der Waals surface area contributed by atoms with Gasteiger partial charge in [0.1, 0.15) is 5.82 Å². The van der Waals surface area contributed by atoms with Crippen molar-refractivity contribution in [3.63, 3.8) is 0 Å². The molecule has 1 aliphatic rings. The van der Waals surface area contributed by atoms with Gasteiger partial charge in [-0.1, -0.05) is 12.1 Å². The maximum atomic E-state index is 13.5. The van der Waals surface area contributed by atoms with Crippen molar-refractivity contribution in [2.45, 2.75) is 50.5 Å². The number of hydrogen-bond donors (Lipinski definition) is 1. The molecule has 0 spiro atoms. The summed E-state index contributed by atoms with van der Waals surface area (Å²) in [5.41, 5.74) is 2.04. The SMILES string of the molecule is Cc1cc(C(CNS(=O)(=O)CF)COC2CCC(c3cccc(F)c3)CC2)c(=O)n(C)c1. The van der Waals surface area contributed by atoms with Gasteiger partial charge in [0.2, 0.25) is 16.0 Å². The largest absolute Gasteiger partial charge is 0.378 e. The highest BCUT2D eigenvalue weighted by Crippen LogP contribution is 2.34. The highest BCUT2D eigenvalue weighted by atomic mass is 32.2. The van der Waals surface area contributed by atoms with Crippen molar-refractivity contribution in [2.24, 2.45) is 7.05 Å². The Balaban J connectivity index is 1.66. The molecule has 3 rings (SSSR count). The molecule has 1 aromatic heterocycles. The molecule has 1 atom stereocenters. The van der Waals surface area contributed by atoms with Gasteiger partial charge in [-0.15, -0.1) is 0 Å². The summed E-state index contributed by atoms with van der Waals surface area (Å²) in [5.74, 6) is -0.503. The number of nitrogens with zero attached hydrogens (tertiary/aromatic N) is 1. The molecule has 0 radical (unpaired) electrons. The first-order valence-electron chi connectivity index (χ1n) is 10.8. The van der Waals surface area contributed by atoms with E-state index in [2.05, 4.69) is 4.72 Å². The number of ether oxygens (including phenoxy) is 1. The van der Waals surface area contributed by atoms with E-state index in [1.165, 1.54) is 10.6 Å². The highest BCUT2D eigenvalue weighted by molar-refractivity contribution is 7.89. The number of pyridine rings is 1. The first kappa shape index (κ1) is 24.5. The third-order valence-electron chi connectivity index (χ3n) is 6.01. The average molecular weight is 469 g/mol. The zero-order chi connectivity index (χ0) is 23.3. The maximum Gasteiger partial charge on any atom is 0.253 e. The molecule has 1 heterocycles. The van der Waals surface area contributed by atoms with Gasteiger partial charge >= 0.3 is 0 Å². The molecule has 32 heavy (non-hydrogen) atoms. The van der Waals surface area contributed by atoms with Crippen LogP contribution in [0.4, 0.5) is 8.78 Å². The number of benzene rings is 1. The molecular weight excluding hydrogens is 438 g/mol. The molecule has 176 valence electrons. The summed E-state index contributed by atoms with van der Waals surface area (Å²) >= 11 is 0. The molecule has 1 N–H and O–H groups in total. The number of halogens is 2. The monoisotopic (exact) mass is 468 g/mol. The first-order valence-corrected chi connectivity index (χ1v) is 12.4. The zero-order valence-electron chi connectivity index (χ0n) is 18.4. The third-order valence-corrected chi connectivity index (χ3v) is 6.90. The van der Waals surface area contributed by atoms with Crippen molar-refractivity contribution in [1.82, 2.24) is 9.29 Å². The molecule has 0 saturated heterocycles. The topological polar surface area (TPSA) is 77.4 Å². The Morgan fingerprint density at radius 2 is 1.94 bits per heavy atom. The van der Waals surface area contributed by atoms with Crippen LogP contribution in [0.25, 0.3) is 0 Å². The van der Waals surface area contributed by atoms with Crippen LogP contribution in [-0.2, 0) is 21.8 Å².